The van der Waals surface area contributed by atoms with Crippen LogP contribution in [0.1, 0.15) is 41.3 Å². The molecule has 3 rings (SSSR count). The highest BCUT2D eigenvalue weighted by Crippen LogP contribution is 2.18. The lowest BCUT2D eigenvalue weighted by Gasteiger charge is -2.16. The number of carbonyl (C=O) groups is 1. The Balaban J connectivity index is 0.00000341. The van der Waals surface area contributed by atoms with Crippen molar-refractivity contribution < 1.29 is 4.79 Å². The molecule has 0 radical (unpaired) electrons. The number of hydrogen-bond acceptors (Lipinski definition) is 4. The fraction of sp³-hybridized carbons (Fsp3) is 0.435. The zero-order chi connectivity index (χ0) is 21.3. The summed E-state index contributed by atoms with van der Waals surface area (Å²) in [6.45, 7) is 6.24. The molecule has 1 amide bonds. The number of rotatable bonds is 7. The quantitative estimate of drug-likeness (QED) is 0.323. The first kappa shape index (κ1) is 24.9. The number of guanidine groups is 1. The number of aromatic nitrogens is 1. The summed E-state index contributed by atoms with van der Waals surface area (Å²) >= 11 is 0. The van der Waals surface area contributed by atoms with Gasteiger partial charge in [0.1, 0.15) is 5.82 Å². The molecule has 2 aromatic rings. The molecular weight excluding hydrogens is 503 g/mol. The summed E-state index contributed by atoms with van der Waals surface area (Å²) in [5.41, 5.74) is 2.93. The Kier molecular flexibility index (Phi) is 10.0. The van der Waals surface area contributed by atoms with Crippen LogP contribution in [0.2, 0.25) is 0 Å². The van der Waals surface area contributed by atoms with Crippen molar-refractivity contribution in [2.24, 2.45) is 4.99 Å². The van der Waals surface area contributed by atoms with Crippen molar-refractivity contribution >= 4 is 41.7 Å². The van der Waals surface area contributed by atoms with Gasteiger partial charge < -0.3 is 20.4 Å². The highest BCUT2D eigenvalue weighted by atomic mass is 127. The van der Waals surface area contributed by atoms with Crippen LogP contribution in [0.15, 0.2) is 47.6 Å². The predicted molar refractivity (Wildman–Crippen MR) is 137 cm³/mol. The highest BCUT2D eigenvalue weighted by Gasteiger charge is 2.13. The molecule has 0 unspecified atom stereocenters. The number of halogens is 1. The predicted octanol–water partition coefficient (Wildman–Crippen LogP) is 3.26. The standard InChI is InChI=1S/C23H32N6O.HI/c1-4-24-23(26-16-18-7-9-20(10-8-18)22(30)28(2)3)27-17-19-11-12-25-21(15-19)29-13-5-6-14-29;/h7-12,15H,4-6,13-14,16-17H2,1-3H3,(H2,24,26,27);1H. The maximum atomic E-state index is 12.0. The van der Waals surface area contributed by atoms with Gasteiger partial charge in [-0.3, -0.25) is 4.79 Å². The molecule has 168 valence electrons. The first-order valence-corrected chi connectivity index (χ1v) is 10.6. The summed E-state index contributed by atoms with van der Waals surface area (Å²) in [5.74, 6) is 1.83. The summed E-state index contributed by atoms with van der Waals surface area (Å²) in [4.78, 5) is 25.2. The molecule has 8 heteroatoms. The average molecular weight is 536 g/mol. The van der Waals surface area contributed by atoms with E-state index < -0.39 is 0 Å². The minimum absolute atomic E-state index is 0. The van der Waals surface area contributed by atoms with Crippen LogP contribution in [-0.4, -0.2) is 55.5 Å². The second-order valence-electron chi connectivity index (χ2n) is 7.66. The smallest absolute Gasteiger partial charge is 0.253 e. The fourth-order valence-electron chi connectivity index (χ4n) is 3.40. The van der Waals surface area contributed by atoms with Gasteiger partial charge in [0.2, 0.25) is 0 Å². The lowest BCUT2D eigenvalue weighted by atomic mass is 10.1. The first-order chi connectivity index (χ1) is 14.6. The summed E-state index contributed by atoms with van der Waals surface area (Å²) in [7, 11) is 3.52. The molecule has 0 bridgehead atoms. The molecule has 7 nitrogen and oxygen atoms in total. The van der Waals surface area contributed by atoms with Gasteiger partial charge in [-0.15, -0.1) is 24.0 Å². The Bertz CT molecular complexity index is 863. The Labute approximate surface area is 202 Å². The molecule has 1 aliphatic heterocycles. The zero-order valence-electron chi connectivity index (χ0n) is 18.6. The number of aliphatic imine (C=N–C) groups is 1. The van der Waals surface area contributed by atoms with Crippen LogP contribution in [0.5, 0.6) is 0 Å². The van der Waals surface area contributed by atoms with Crippen LogP contribution in [0.3, 0.4) is 0 Å². The van der Waals surface area contributed by atoms with Gasteiger partial charge in [-0.25, -0.2) is 9.98 Å². The van der Waals surface area contributed by atoms with Gasteiger partial charge in [-0.2, -0.15) is 0 Å². The molecule has 0 spiro atoms. The maximum Gasteiger partial charge on any atom is 0.253 e. The van der Waals surface area contributed by atoms with E-state index in [4.69, 9.17) is 4.99 Å². The molecule has 2 heterocycles. The van der Waals surface area contributed by atoms with Crippen LogP contribution in [0.25, 0.3) is 0 Å². The first-order valence-electron chi connectivity index (χ1n) is 10.6. The van der Waals surface area contributed by atoms with Crippen molar-refractivity contribution in [3.05, 3.63) is 59.3 Å². The van der Waals surface area contributed by atoms with E-state index in [9.17, 15) is 4.79 Å². The molecular formula is C23H33IN6O. The third-order valence-electron chi connectivity index (χ3n) is 5.07. The monoisotopic (exact) mass is 536 g/mol. The van der Waals surface area contributed by atoms with Gasteiger partial charge in [-0.05, 0) is 55.2 Å². The van der Waals surface area contributed by atoms with Gasteiger partial charge >= 0.3 is 0 Å². The van der Waals surface area contributed by atoms with Gasteiger partial charge in [0, 0.05) is 52.0 Å². The number of amides is 1. The van der Waals surface area contributed by atoms with E-state index in [0.717, 1.165) is 42.5 Å². The van der Waals surface area contributed by atoms with Crippen molar-refractivity contribution in [1.29, 1.82) is 0 Å². The molecule has 2 N–H and O–H groups in total. The molecule has 1 fully saturated rings. The van der Waals surface area contributed by atoms with Gasteiger partial charge in [0.25, 0.3) is 5.91 Å². The molecule has 0 saturated carbocycles. The molecule has 0 aliphatic carbocycles. The molecule has 1 aromatic heterocycles. The second kappa shape index (κ2) is 12.5. The van der Waals surface area contributed by atoms with Gasteiger partial charge in [0.05, 0.1) is 6.54 Å². The Morgan fingerprint density at radius 2 is 1.81 bits per heavy atom. The van der Waals surface area contributed by atoms with Crippen LogP contribution in [0, 0.1) is 0 Å². The van der Waals surface area contributed by atoms with E-state index in [-0.39, 0.29) is 29.9 Å². The highest BCUT2D eigenvalue weighted by molar-refractivity contribution is 14.0. The Morgan fingerprint density at radius 3 is 2.45 bits per heavy atom. The molecule has 1 aliphatic rings. The van der Waals surface area contributed by atoms with Crippen molar-refractivity contribution in [2.45, 2.75) is 32.9 Å². The topological polar surface area (TPSA) is 72.9 Å². The Morgan fingerprint density at radius 1 is 1.10 bits per heavy atom. The minimum Gasteiger partial charge on any atom is -0.357 e. The van der Waals surface area contributed by atoms with Crippen molar-refractivity contribution in [3.63, 3.8) is 0 Å². The number of anilines is 1. The van der Waals surface area contributed by atoms with E-state index in [0.29, 0.717) is 18.7 Å². The molecule has 31 heavy (non-hydrogen) atoms. The SMILES string of the molecule is CCNC(=NCc1ccnc(N2CCCC2)c1)NCc1ccc(C(=O)N(C)C)cc1.I. The lowest BCUT2D eigenvalue weighted by molar-refractivity contribution is 0.0827. The summed E-state index contributed by atoms with van der Waals surface area (Å²) in [6, 6.07) is 11.8. The number of benzene rings is 1. The van der Waals surface area contributed by atoms with Crippen LogP contribution in [-0.2, 0) is 13.1 Å². The lowest BCUT2D eigenvalue weighted by Crippen LogP contribution is -2.36. The third-order valence-corrected chi connectivity index (χ3v) is 5.07. The number of hydrogen-bond donors (Lipinski definition) is 2. The van der Waals surface area contributed by atoms with Crippen molar-refractivity contribution in [2.75, 3.05) is 38.6 Å². The summed E-state index contributed by atoms with van der Waals surface area (Å²) in [5, 5.41) is 6.66. The molecule has 1 saturated heterocycles. The van der Waals surface area contributed by atoms with Crippen molar-refractivity contribution in [1.82, 2.24) is 20.5 Å². The zero-order valence-corrected chi connectivity index (χ0v) is 20.9. The minimum atomic E-state index is 0. The van der Waals surface area contributed by atoms with E-state index in [1.165, 1.54) is 12.8 Å². The van der Waals surface area contributed by atoms with Crippen LogP contribution >= 0.6 is 24.0 Å². The van der Waals surface area contributed by atoms with Crippen LogP contribution in [0.4, 0.5) is 5.82 Å². The fourth-order valence-corrected chi connectivity index (χ4v) is 3.40. The summed E-state index contributed by atoms with van der Waals surface area (Å²) < 4.78 is 0. The second-order valence-corrected chi connectivity index (χ2v) is 7.66. The average Bonchev–Trinajstić information content (AvgIpc) is 3.31. The molecule has 1 aromatic carbocycles. The number of pyridine rings is 1. The largest absolute Gasteiger partial charge is 0.357 e. The number of nitrogens with one attached hydrogen (secondary N) is 2. The van der Waals surface area contributed by atoms with Crippen molar-refractivity contribution in [3.8, 4) is 0 Å². The van der Waals surface area contributed by atoms with E-state index in [1.807, 2.05) is 36.5 Å². The van der Waals surface area contributed by atoms with Gasteiger partial charge in [-0.1, -0.05) is 12.1 Å². The third kappa shape index (κ3) is 7.37. The maximum absolute atomic E-state index is 12.0. The number of nitrogens with zero attached hydrogens (tertiary/aromatic N) is 4. The molecule has 0 atom stereocenters. The van der Waals surface area contributed by atoms with Gasteiger partial charge in [0.15, 0.2) is 5.96 Å². The number of carbonyl (C=O) groups excluding carboxylic acids is 1. The Hall–Kier alpha value is -2.36. The summed E-state index contributed by atoms with van der Waals surface area (Å²) in [6.07, 6.45) is 4.35. The normalized spacial score (nSPS) is 13.5. The van der Waals surface area contributed by atoms with E-state index in [1.54, 1.807) is 19.0 Å². The van der Waals surface area contributed by atoms with Crippen LogP contribution < -0.4 is 15.5 Å². The van der Waals surface area contributed by atoms with E-state index >= 15 is 0 Å². The van der Waals surface area contributed by atoms with E-state index in [2.05, 4.69) is 33.5 Å².